The van der Waals surface area contributed by atoms with E-state index >= 15 is 0 Å². The second-order valence-corrected chi connectivity index (χ2v) is 5.40. The number of ether oxygens (including phenoxy) is 1. The number of esters is 1. The summed E-state index contributed by atoms with van der Waals surface area (Å²) in [5, 5.41) is 2.20. The lowest BCUT2D eigenvalue weighted by Gasteiger charge is -2.03. The van der Waals surface area contributed by atoms with E-state index in [1.54, 1.807) is 30.3 Å². The van der Waals surface area contributed by atoms with E-state index in [1.807, 2.05) is 42.5 Å². The molecule has 3 rings (SSSR count). The molecule has 0 spiro atoms. The highest BCUT2D eigenvalue weighted by Crippen LogP contribution is 2.20. The molecule has 0 bridgehead atoms. The van der Waals surface area contributed by atoms with E-state index < -0.39 is 5.97 Å². The molecule has 0 aliphatic rings. The number of fused-ring (bicyclic) bond motifs is 1. The molecule has 0 radical (unpaired) electrons. The first kappa shape index (κ1) is 15.7. The fourth-order valence-electron chi connectivity index (χ4n) is 2.46. The largest absolute Gasteiger partial charge is 0.423 e. The van der Waals surface area contributed by atoms with Crippen LogP contribution < -0.4 is 4.74 Å². The van der Waals surface area contributed by atoms with Gasteiger partial charge in [0.1, 0.15) is 5.75 Å². The minimum absolute atomic E-state index is 0.0243. The van der Waals surface area contributed by atoms with Gasteiger partial charge in [0.05, 0.1) is 0 Å². The van der Waals surface area contributed by atoms with Gasteiger partial charge >= 0.3 is 5.97 Å². The summed E-state index contributed by atoms with van der Waals surface area (Å²) < 4.78 is 5.25. The monoisotopic (exact) mass is 316 g/mol. The lowest BCUT2D eigenvalue weighted by atomic mass is 10.0. The number of rotatable bonds is 4. The highest BCUT2D eigenvalue weighted by molar-refractivity contribution is 5.96. The topological polar surface area (TPSA) is 43.4 Å². The van der Waals surface area contributed by atoms with Crippen molar-refractivity contribution in [2.24, 2.45) is 0 Å². The minimum Gasteiger partial charge on any atom is -0.423 e. The lowest BCUT2D eigenvalue weighted by Crippen LogP contribution is -2.04. The summed E-state index contributed by atoms with van der Waals surface area (Å²) in [7, 11) is 0. The summed E-state index contributed by atoms with van der Waals surface area (Å²) in [4.78, 5) is 23.2. The van der Waals surface area contributed by atoms with Crippen LogP contribution in [0.1, 0.15) is 22.8 Å². The van der Waals surface area contributed by atoms with Crippen LogP contribution in [0.2, 0.25) is 0 Å². The van der Waals surface area contributed by atoms with Crippen molar-refractivity contribution >= 4 is 28.6 Å². The van der Waals surface area contributed by atoms with Gasteiger partial charge in [0.25, 0.3) is 0 Å². The Morgan fingerprint density at radius 3 is 2.33 bits per heavy atom. The predicted molar refractivity (Wildman–Crippen MR) is 95.1 cm³/mol. The number of hydrogen-bond acceptors (Lipinski definition) is 3. The molecule has 3 aromatic carbocycles. The van der Waals surface area contributed by atoms with Gasteiger partial charge in [-0.2, -0.15) is 0 Å². The van der Waals surface area contributed by atoms with Gasteiger partial charge < -0.3 is 4.74 Å². The Hall–Kier alpha value is -3.20. The molecule has 0 aliphatic heterocycles. The van der Waals surface area contributed by atoms with Crippen molar-refractivity contribution in [3.8, 4) is 5.75 Å². The molecule has 0 fully saturated rings. The second kappa shape index (κ2) is 6.92. The van der Waals surface area contributed by atoms with Crippen molar-refractivity contribution in [1.82, 2.24) is 0 Å². The summed E-state index contributed by atoms with van der Waals surface area (Å²) in [6.07, 6.45) is 3.15. The number of Topliss-reactive ketones (excluding diaryl/α,β-unsaturated/α-hetero) is 1. The molecule has 0 aromatic heterocycles. The van der Waals surface area contributed by atoms with E-state index in [2.05, 4.69) is 0 Å². The van der Waals surface area contributed by atoms with Crippen LogP contribution in [-0.2, 0) is 4.79 Å². The van der Waals surface area contributed by atoms with Gasteiger partial charge in [-0.3, -0.25) is 4.79 Å². The van der Waals surface area contributed by atoms with Gasteiger partial charge in [0.2, 0.25) is 0 Å². The maximum atomic E-state index is 12.0. The lowest BCUT2D eigenvalue weighted by molar-refractivity contribution is -0.128. The molecule has 118 valence electrons. The van der Waals surface area contributed by atoms with Crippen molar-refractivity contribution in [2.45, 2.75) is 6.92 Å². The van der Waals surface area contributed by atoms with Gasteiger partial charge in [-0.25, -0.2) is 4.79 Å². The zero-order valence-corrected chi connectivity index (χ0v) is 13.2. The van der Waals surface area contributed by atoms with Crippen LogP contribution in [-0.4, -0.2) is 11.8 Å². The number of hydrogen-bond donors (Lipinski definition) is 0. The normalized spacial score (nSPS) is 10.9. The number of carbonyl (C=O) groups excluding carboxylic acids is 2. The van der Waals surface area contributed by atoms with E-state index in [0.717, 1.165) is 16.3 Å². The summed E-state index contributed by atoms with van der Waals surface area (Å²) >= 11 is 0. The molecule has 3 nitrogen and oxygen atoms in total. The molecule has 0 saturated heterocycles. The standard InChI is InChI=1S/C21H16O3/c1-15(22)16-9-12-19(13-10-16)24-21(23)14-11-18-7-4-6-17-5-2-3-8-20(17)18/h2-14H,1H3. The maximum Gasteiger partial charge on any atom is 0.336 e. The number of carbonyl (C=O) groups is 2. The first-order valence-corrected chi connectivity index (χ1v) is 7.62. The fourth-order valence-corrected chi connectivity index (χ4v) is 2.46. The number of benzene rings is 3. The third-order valence-corrected chi connectivity index (χ3v) is 3.70. The second-order valence-electron chi connectivity index (χ2n) is 5.40. The molecule has 0 saturated carbocycles. The summed E-state index contributed by atoms with van der Waals surface area (Å²) in [5.74, 6) is -0.0743. The van der Waals surface area contributed by atoms with Crippen molar-refractivity contribution in [2.75, 3.05) is 0 Å². The Bertz CT molecular complexity index is 916. The molecule has 3 aromatic rings. The SMILES string of the molecule is CC(=O)c1ccc(OC(=O)C=Cc2cccc3ccccc23)cc1. The van der Waals surface area contributed by atoms with Crippen molar-refractivity contribution in [1.29, 1.82) is 0 Å². The van der Waals surface area contributed by atoms with Gasteiger partial charge in [-0.05, 0) is 53.6 Å². The third kappa shape index (κ3) is 3.58. The zero-order valence-electron chi connectivity index (χ0n) is 13.2. The van der Waals surface area contributed by atoms with E-state index in [-0.39, 0.29) is 5.78 Å². The van der Waals surface area contributed by atoms with Gasteiger partial charge in [-0.1, -0.05) is 42.5 Å². The van der Waals surface area contributed by atoms with E-state index in [1.165, 1.54) is 13.0 Å². The van der Waals surface area contributed by atoms with Gasteiger partial charge in [-0.15, -0.1) is 0 Å². The molecule has 3 heteroatoms. The first-order valence-electron chi connectivity index (χ1n) is 7.62. The molecule has 0 unspecified atom stereocenters. The van der Waals surface area contributed by atoms with Crippen LogP contribution in [0, 0.1) is 0 Å². The molecule has 0 aliphatic carbocycles. The summed E-state index contributed by atoms with van der Waals surface area (Å²) in [6.45, 7) is 1.49. The fraction of sp³-hybridized carbons (Fsp3) is 0.0476. The zero-order chi connectivity index (χ0) is 16.9. The van der Waals surface area contributed by atoms with Gasteiger partial charge in [0, 0.05) is 11.6 Å². The van der Waals surface area contributed by atoms with Crippen LogP contribution >= 0.6 is 0 Å². The van der Waals surface area contributed by atoms with Crippen molar-refractivity contribution in [3.63, 3.8) is 0 Å². The predicted octanol–water partition coefficient (Wildman–Crippen LogP) is 4.66. The highest BCUT2D eigenvalue weighted by Gasteiger charge is 2.03. The Kier molecular flexibility index (Phi) is 4.52. The molecule has 0 atom stereocenters. The average molecular weight is 316 g/mol. The summed E-state index contributed by atoms with van der Waals surface area (Å²) in [6, 6.07) is 20.4. The average Bonchev–Trinajstić information content (AvgIpc) is 2.60. The van der Waals surface area contributed by atoms with Crippen LogP contribution in [0.15, 0.2) is 72.8 Å². The first-order chi connectivity index (χ1) is 11.6. The number of ketones is 1. The molecule has 0 amide bonds. The Morgan fingerprint density at radius 1 is 0.875 bits per heavy atom. The highest BCUT2D eigenvalue weighted by atomic mass is 16.5. The maximum absolute atomic E-state index is 12.0. The van der Waals surface area contributed by atoms with Crippen LogP contribution in [0.4, 0.5) is 0 Å². The quantitative estimate of drug-likeness (QED) is 0.304. The smallest absolute Gasteiger partial charge is 0.336 e. The van der Waals surface area contributed by atoms with Crippen LogP contribution in [0.25, 0.3) is 16.8 Å². The minimum atomic E-state index is -0.460. The molecule has 24 heavy (non-hydrogen) atoms. The van der Waals surface area contributed by atoms with Gasteiger partial charge in [0.15, 0.2) is 5.78 Å². The molecule has 0 N–H and O–H groups in total. The van der Waals surface area contributed by atoms with E-state index in [0.29, 0.717) is 11.3 Å². The Balaban J connectivity index is 1.74. The van der Waals surface area contributed by atoms with E-state index in [4.69, 9.17) is 4.74 Å². The molecular weight excluding hydrogens is 300 g/mol. The third-order valence-electron chi connectivity index (χ3n) is 3.70. The van der Waals surface area contributed by atoms with Crippen molar-refractivity contribution < 1.29 is 14.3 Å². The van der Waals surface area contributed by atoms with Crippen molar-refractivity contribution in [3.05, 3.63) is 83.9 Å². The molecular formula is C21H16O3. The van der Waals surface area contributed by atoms with E-state index in [9.17, 15) is 9.59 Å². The Morgan fingerprint density at radius 2 is 1.58 bits per heavy atom. The van der Waals surface area contributed by atoms with Crippen LogP contribution in [0.5, 0.6) is 5.75 Å². The summed E-state index contributed by atoms with van der Waals surface area (Å²) in [5.41, 5.74) is 1.54. The Labute approximate surface area is 140 Å². The molecule has 0 heterocycles. The van der Waals surface area contributed by atoms with Crippen LogP contribution in [0.3, 0.4) is 0 Å².